The van der Waals surface area contributed by atoms with Gasteiger partial charge in [-0.1, -0.05) is 35.5 Å². The molecule has 0 saturated carbocycles. The molecule has 2 aromatic carbocycles. The van der Waals surface area contributed by atoms with Crippen LogP contribution in [0.15, 0.2) is 71.0 Å². The number of H-pyrrole nitrogens is 1. The van der Waals surface area contributed by atoms with Crippen LogP contribution in [0.1, 0.15) is 18.2 Å². The van der Waals surface area contributed by atoms with E-state index in [2.05, 4.69) is 20.1 Å². The van der Waals surface area contributed by atoms with Crippen molar-refractivity contribution in [3.8, 4) is 22.8 Å². The normalized spacial score (nSPS) is 16.5. The maximum absolute atomic E-state index is 13.3. The molecule has 2 aromatic heterocycles. The Morgan fingerprint density at radius 2 is 1.82 bits per heavy atom. The number of rotatable bonds is 3. The lowest BCUT2D eigenvalue weighted by molar-refractivity contribution is 0.367. The molecule has 1 aliphatic rings. The SMILES string of the molecule is FC1=CCC(c2nc(-c3ccc(-c4nc5ccc(F)cc5[nH]4)cc3)no2)C=C1. The number of hydrogen-bond donors (Lipinski definition) is 1. The van der Waals surface area contributed by atoms with Gasteiger partial charge in [-0.15, -0.1) is 0 Å². The Morgan fingerprint density at radius 1 is 1.00 bits per heavy atom. The van der Waals surface area contributed by atoms with E-state index < -0.39 is 0 Å². The van der Waals surface area contributed by atoms with Gasteiger partial charge in [0.15, 0.2) is 0 Å². The van der Waals surface area contributed by atoms with Crippen LogP contribution in [-0.4, -0.2) is 20.1 Å². The number of halogens is 2. The average Bonchev–Trinajstić information content (AvgIpc) is 3.36. The molecule has 5 nitrogen and oxygen atoms in total. The van der Waals surface area contributed by atoms with Crippen molar-refractivity contribution >= 4 is 11.0 Å². The van der Waals surface area contributed by atoms with Crippen LogP contribution in [0.25, 0.3) is 33.8 Å². The third kappa shape index (κ3) is 3.00. The van der Waals surface area contributed by atoms with Crippen molar-refractivity contribution in [3.05, 3.63) is 78.2 Å². The zero-order valence-corrected chi connectivity index (χ0v) is 14.6. The van der Waals surface area contributed by atoms with Gasteiger partial charge in [-0.2, -0.15) is 4.98 Å². The molecule has 5 rings (SSSR count). The van der Waals surface area contributed by atoms with Crippen LogP contribution in [0, 0.1) is 5.82 Å². The molecule has 2 heterocycles. The van der Waals surface area contributed by atoms with Gasteiger partial charge >= 0.3 is 0 Å². The second kappa shape index (κ2) is 6.53. The van der Waals surface area contributed by atoms with Gasteiger partial charge in [0.25, 0.3) is 0 Å². The molecule has 28 heavy (non-hydrogen) atoms. The molecule has 1 N–H and O–H groups in total. The van der Waals surface area contributed by atoms with Gasteiger partial charge in [0.2, 0.25) is 11.7 Å². The maximum Gasteiger partial charge on any atom is 0.234 e. The minimum absolute atomic E-state index is 0.115. The Morgan fingerprint density at radius 3 is 2.61 bits per heavy atom. The van der Waals surface area contributed by atoms with Crippen molar-refractivity contribution in [2.75, 3.05) is 0 Å². The highest BCUT2D eigenvalue weighted by atomic mass is 19.1. The summed E-state index contributed by atoms with van der Waals surface area (Å²) in [6.07, 6.45) is 5.13. The number of aromatic amines is 1. The lowest BCUT2D eigenvalue weighted by atomic mass is 10.0. The third-order valence-electron chi connectivity index (χ3n) is 4.67. The van der Waals surface area contributed by atoms with Crippen LogP contribution in [0.3, 0.4) is 0 Å². The largest absolute Gasteiger partial charge is 0.338 e. The number of imidazole rings is 1. The fraction of sp³-hybridized carbons (Fsp3) is 0.0952. The average molecular weight is 376 g/mol. The standard InChI is InChI=1S/C21H14F2N4O/c22-15-7-5-14(6-8-15)21-26-20(27-28-21)13-3-1-12(2-4-13)19-24-17-10-9-16(23)11-18(17)25-19/h1-5,7-11,14H,6H2,(H,24,25). The lowest BCUT2D eigenvalue weighted by Crippen LogP contribution is -1.97. The zero-order chi connectivity index (χ0) is 19.1. The summed E-state index contributed by atoms with van der Waals surface area (Å²) in [6, 6.07) is 12.0. The van der Waals surface area contributed by atoms with Crippen LogP contribution in [-0.2, 0) is 0 Å². The summed E-state index contributed by atoms with van der Waals surface area (Å²) in [4.78, 5) is 12.0. The number of fused-ring (bicyclic) bond motifs is 1. The molecule has 0 amide bonds. The van der Waals surface area contributed by atoms with Crippen LogP contribution in [0.5, 0.6) is 0 Å². The molecule has 0 radical (unpaired) electrons. The van der Waals surface area contributed by atoms with Crippen LogP contribution < -0.4 is 0 Å². The van der Waals surface area contributed by atoms with E-state index in [0.717, 1.165) is 11.1 Å². The molecule has 1 aliphatic carbocycles. The Balaban J connectivity index is 1.40. The summed E-state index contributed by atoms with van der Waals surface area (Å²) >= 11 is 0. The summed E-state index contributed by atoms with van der Waals surface area (Å²) in [5.41, 5.74) is 3.00. The molecule has 0 fully saturated rings. The molecule has 138 valence electrons. The van der Waals surface area contributed by atoms with Crippen molar-refractivity contribution < 1.29 is 13.3 Å². The van der Waals surface area contributed by atoms with Crippen LogP contribution in [0.2, 0.25) is 0 Å². The fourth-order valence-electron chi connectivity index (χ4n) is 3.18. The van der Waals surface area contributed by atoms with Crippen molar-refractivity contribution in [1.29, 1.82) is 0 Å². The Hall–Kier alpha value is -3.61. The zero-order valence-electron chi connectivity index (χ0n) is 14.6. The molecule has 0 bridgehead atoms. The molecule has 0 spiro atoms. The smallest absolute Gasteiger partial charge is 0.234 e. The quantitative estimate of drug-likeness (QED) is 0.526. The van der Waals surface area contributed by atoms with E-state index in [-0.39, 0.29) is 17.6 Å². The minimum atomic E-state index is -0.308. The van der Waals surface area contributed by atoms with Crippen LogP contribution in [0.4, 0.5) is 8.78 Å². The first kappa shape index (κ1) is 16.6. The number of nitrogens with zero attached hydrogens (tertiary/aromatic N) is 3. The molecule has 4 aromatic rings. The first-order valence-corrected chi connectivity index (χ1v) is 8.79. The Kier molecular flexibility index (Phi) is 3.86. The highest BCUT2D eigenvalue weighted by Crippen LogP contribution is 2.28. The highest BCUT2D eigenvalue weighted by Gasteiger charge is 2.19. The molecular weight excluding hydrogens is 362 g/mol. The van der Waals surface area contributed by atoms with Gasteiger partial charge in [-0.25, -0.2) is 13.8 Å². The molecule has 7 heteroatoms. The van der Waals surface area contributed by atoms with E-state index in [0.29, 0.717) is 35.0 Å². The third-order valence-corrected chi connectivity index (χ3v) is 4.67. The number of benzene rings is 2. The summed E-state index contributed by atoms with van der Waals surface area (Å²) in [7, 11) is 0. The van der Waals surface area contributed by atoms with Gasteiger partial charge in [-0.3, -0.25) is 0 Å². The molecule has 1 unspecified atom stereocenters. The first-order chi connectivity index (χ1) is 13.7. The summed E-state index contributed by atoms with van der Waals surface area (Å²) in [6.45, 7) is 0. The van der Waals surface area contributed by atoms with Gasteiger partial charge in [-0.05, 0) is 36.8 Å². The Labute approximate surface area is 158 Å². The van der Waals surface area contributed by atoms with Crippen LogP contribution >= 0.6 is 0 Å². The minimum Gasteiger partial charge on any atom is -0.338 e. The molecular formula is C21H14F2N4O. The summed E-state index contributed by atoms with van der Waals surface area (Å²) < 4.78 is 31.8. The molecule has 0 saturated heterocycles. The second-order valence-electron chi connectivity index (χ2n) is 6.57. The fourth-order valence-corrected chi connectivity index (χ4v) is 3.18. The predicted molar refractivity (Wildman–Crippen MR) is 100 cm³/mol. The second-order valence-corrected chi connectivity index (χ2v) is 6.57. The molecule has 0 aliphatic heterocycles. The van der Waals surface area contributed by atoms with Gasteiger partial charge < -0.3 is 9.51 Å². The van der Waals surface area contributed by atoms with E-state index in [1.165, 1.54) is 24.3 Å². The topological polar surface area (TPSA) is 67.6 Å². The maximum atomic E-state index is 13.3. The van der Waals surface area contributed by atoms with Gasteiger partial charge in [0.05, 0.1) is 17.0 Å². The Bertz CT molecular complexity index is 1220. The van der Waals surface area contributed by atoms with E-state index >= 15 is 0 Å². The monoisotopic (exact) mass is 376 g/mol. The number of allylic oxidation sites excluding steroid dienone is 4. The molecule has 1 atom stereocenters. The van der Waals surface area contributed by atoms with Crippen molar-refractivity contribution in [1.82, 2.24) is 20.1 Å². The predicted octanol–water partition coefficient (Wildman–Crippen LogP) is 5.32. The lowest BCUT2D eigenvalue weighted by Gasteiger charge is -2.07. The van der Waals surface area contributed by atoms with Crippen molar-refractivity contribution in [2.45, 2.75) is 12.3 Å². The number of nitrogens with one attached hydrogen (secondary N) is 1. The van der Waals surface area contributed by atoms with Gasteiger partial charge in [0.1, 0.15) is 17.5 Å². The van der Waals surface area contributed by atoms with E-state index in [1.54, 1.807) is 12.1 Å². The van der Waals surface area contributed by atoms with E-state index in [9.17, 15) is 8.78 Å². The summed E-state index contributed by atoms with van der Waals surface area (Å²) in [5, 5.41) is 4.03. The van der Waals surface area contributed by atoms with Gasteiger partial charge in [0, 0.05) is 11.1 Å². The van der Waals surface area contributed by atoms with E-state index in [4.69, 9.17) is 4.52 Å². The van der Waals surface area contributed by atoms with Crippen molar-refractivity contribution in [2.24, 2.45) is 0 Å². The first-order valence-electron chi connectivity index (χ1n) is 8.79. The highest BCUT2D eigenvalue weighted by molar-refractivity contribution is 5.79. The van der Waals surface area contributed by atoms with Crippen molar-refractivity contribution in [3.63, 3.8) is 0 Å². The number of hydrogen-bond acceptors (Lipinski definition) is 4. The summed E-state index contributed by atoms with van der Waals surface area (Å²) in [5.74, 6) is 0.907. The number of aromatic nitrogens is 4. The van der Waals surface area contributed by atoms with E-state index in [1.807, 2.05) is 24.3 Å².